The van der Waals surface area contributed by atoms with Crippen LogP contribution < -0.4 is 0 Å². The van der Waals surface area contributed by atoms with Crippen molar-refractivity contribution in [2.75, 3.05) is 0 Å². The summed E-state index contributed by atoms with van der Waals surface area (Å²) in [5.41, 5.74) is 0.902. The SMILES string of the molecule is FC(F)(F)c1c[c]ccc1-c1cccc2[nH]ccc12. The summed E-state index contributed by atoms with van der Waals surface area (Å²) in [6.45, 7) is 0. The molecule has 0 unspecified atom stereocenters. The minimum absolute atomic E-state index is 0.177. The number of nitrogens with one attached hydrogen (secondary N) is 1. The van der Waals surface area contributed by atoms with Crippen LogP contribution in [0.3, 0.4) is 0 Å². The lowest BCUT2D eigenvalue weighted by Crippen LogP contribution is -2.06. The fraction of sp³-hybridized carbons (Fsp3) is 0.0667. The van der Waals surface area contributed by atoms with E-state index in [9.17, 15) is 13.2 Å². The molecule has 95 valence electrons. The van der Waals surface area contributed by atoms with Crippen LogP contribution in [0.5, 0.6) is 0 Å². The number of rotatable bonds is 1. The number of aromatic amines is 1. The fourth-order valence-corrected chi connectivity index (χ4v) is 2.22. The summed E-state index contributed by atoms with van der Waals surface area (Å²) in [4.78, 5) is 3.00. The summed E-state index contributed by atoms with van der Waals surface area (Å²) >= 11 is 0. The number of aromatic nitrogens is 1. The van der Waals surface area contributed by atoms with Crippen molar-refractivity contribution in [3.05, 3.63) is 60.3 Å². The van der Waals surface area contributed by atoms with Crippen molar-refractivity contribution in [2.45, 2.75) is 6.18 Å². The standard InChI is InChI=1S/C15H9F3N/c16-15(17,18)13-6-2-1-4-11(13)10-5-3-7-14-12(10)8-9-19-14/h1,3-9,19H. The summed E-state index contributed by atoms with van der Waals surface area (Å²) in [7, 11) is 0. The topological polar surface area (TPSA) is 15.8 Å². The Morgan fingerprint density at radius 3 is 2.63 bits per heavy atom. The van der Waals surface area contributed by atoms with Gasteiger partial charge in [-0.15, -0.1) is 0 Å². The first kappa shape index (κ1) is 11.8. The number of hydrogen-bond acceptors (Lipinski definition) is 0. The van der Waals surface area contributed by atoms with E-state index in [1.54, 1.807) is 24.4 Å². The minimum Gasteiger partial charge on any atom is -0.361 e. The minimum atomic E-state index is -4.38. The fourth-order valence-electron chi connectivity index (χ4n) is 2.22. The van der Waals surface area contributed by atoms with Gasteiger partial charge >= 0.3 is 6.18 Å². The predicted octanol–water partition coefficient (Wildman–Crippen LogP) is 4.65. The van der Waals surface area contributed by atoms with E-state index in [2.05, 4.69) is 11.1 Å². The van der Waals surface area contributed by atoms with E-state index < -0.39 is 11.7 Å². The molecule has 0 fully saturated rings. The smallest absolute Gasteiger partial charge is 0.361 e. The third-order valence-corrected chi connectivity index (χ3v) is 3.05. The monoisotopic (exact) mass is 260 g/mol. The average molecular weight is 260 g/mol. The Bertz CT molecular complexity index is 725. The van der Waals surface area contributed by atoms with Gasteiger partial charge in [0.1, 0.15) is 0 Å². The van der Waals surface area contributed by atoms with Crippen LogP contribution in [0.4, 0.5) is 13.2 Å². The molecule has 1 radical (unpaired) electrons. The number of hydrogen-bond donors (Lipinski definition) is 1. The summed E-state index contributed by atoms with van der Waals surface area (Å²) in [6, 6.07) is 13.5. The second-order valence-electron chi connectivity index (χ2n) is 4.21. The maximum Gasteiger partial charge on any atom is 0.417 e. The van der Waals surface area contributed by atoms with Crippen LogP contribution in [0.25, 0.3) is 22.0 Å². The number of H-pyrrole nitrogens is 1. The number of alkyl halides is 3. The van der Waals surface area contributed by atoms with Gasteiger partial charge in [-0.2, -0.15) is 13.2 Å². The molecule has 0 saturated heterocycles. The lowest BCUT2D eigenvalue weighted by Gasteiger charge is -2.13. The van der Waals surface area contributed by atoms with Gasteiger partial charge in [0.25, 0.3) is 0 Å². The maximum atomic E-state index is 13.0. The van der Waals surface area contributed by atoms with E-state index in [0.717, 1.165) is 17.0 Å². The molecule has 0 aliphatic heterocycles. The molecule has 0 aliphatic carbocycles. The number of halogens is 3. The Hall–Kier alpha value is -2.23. The molecule has 1 N–H and O–H groups in total. The molecule has 3 rings (SSSR count). The van der Waals surface area contributed by atoms with Gasteiger partial charge < -0.3 is 4.98 Å². The molecule has 1 nitrogen and oxygen atoms in total. The van der Waals surface area contributed by atoms with Gasteiger partial charge in [-0.05, 0) is 35.4 Å². The van der Waals surface area contributed by atoms with Crippen LogP contribution in [0.15, 0.2) is 48.7 Å². The highest BCUT2D eigenvalue weighted by molar-refractivity contribution is 5.95. The van der Waals surface area contributed by atoms with Crippen molar-refractivity contribution in [1.82, 2.24) is 4.98 Å². The van der Waals surface area contributed by atoms with Crippen LogP contribution in [0.2, 0.25) is 0 Å². The molecule has 0 bridgehead atoms. The van der Waals surface area contributed by atoms with Gasteiger partial charge in [0.15, 0.2) is 0 Å². The summed E-state index contributed by atoms with van der Waals surface area (Å²) < 4.78 is 39.1. The van der Waals surface area contributed by atoms with Crippen LogP contribution in [-0.4, -0.2) is 4.98 Å². The van der Waals surface area contributed by atoms with Crippen LogP contribution in [0, 0.1) is 6.07 Å². The van der Waals surface area contributed by atoms with Gasteiger partial charge in [-0.3, -0.25) is 0 Å². The van der Waals surface area contributed by atoms with Gasteiger partial charge in [0.2, 0.25) is 0 Å². The zero-order valence-corrected chi connectivity index (χ0v) is 9.75. The molecule has 0 amide bonds. The quantitative estimate of drug-likeness (QED) is 0.655. The van der Waals surface area contributed by atoms with Gasteiger partial charge in [-0.1, -0.05) is 24.3 Å². The summed E-state index contributed by atoms with van der Waals surface area (Å²) in [5.74, 6) is 0. The molecule has 4 heteroatoms. The van der Waals surface area contributed by atoms with Crippen molar-refractivity contribution < 1.29 is 13.2 Å². The molecule has 19 heavy (non-hydrogen) atoms. The van der Waals surface area contributed by atoms with E-state index in [4.69, 9.17) is 0 Å². The first-order valence-electron chi connectivity index (χ1n) is 5.71. The first-order valence-corrected chi connectivity index (χ1v) is 5.71. The maximum absolute atomic E-state index is 13.0. The number of benzene rings is 2. The van der Waals surface area contributed by atoms with Crippen LogP contribution in [0.1, 0.15) is 5.56 Å². The van der Waals surface area contributed by atoms with E-state index in [1.165, 1.54) is 12.1 Å². The Labute approximate surface area is 107 Å². The molecule has 0 spiro atoms. The van der Waals surface area contributed by atoms with Crippen molar-refractivity contribution in [2.24, 2.45) is 0 Å². The first-order chi connectivity index (χ1) is 9.07. The molecular weight excluding hydrogens is 251 g/mol. The Morgan fingerprint density at radius 1 is 1.00 bits per heavy atom. The molecule has 3 aromatic rings. The highest BCUT2D eigenvalue weighted by Gasteiger charge is 2.33. The Kier molecular flexibility index (Phi) is 2.59. The summed E-state index contributed by atoms with van der Waals surface area (Å²) in [5, 5.41) is 0.777. The molecular formula is C15H9F3N. The van der Waals surface area contributed by atoms with E-state index in [1.807, 2.05) is 6.07 Å². The molecule has 2 aromatic carbocycles. The lowest BCUT2D eigenvalue weighted by molar-refractivity contribution is -0.137. The Balaban J connectivity index is 2.31. The normalized spacial score (nSPS) is 11.9. The van der Waals surface area contributed by atoms with Crippen LogP contribution >= 0.6 is 0 Å². The zero-order chi connectivity index (χ0) is 13.5. The lowest BCUT2D eigenvalue weighted by atomic mass is 9.96. The summed E-state index contributed by atoms with van der Waals surface area (Å²) in [6.07, 6.45) is -2.66. The van der Waals surface area contributed by atoms with E-state index in [0.29, 0.717) is 5.56 Å². The van der Waals surface area contributed by atoms with Crippen molar-refractivity contribution >= 4 is 10.9 Å². The largest absolute Gasteiger partial charge is 0.417 e. The molecule has 1 heterocycles. The highest BCUT2D eigenvalue weighted by Crippen LogP contribution is 2.38. The highest BCUT2D eigenvalue weighted by atomic mass is 19.4. The van der Waals surface area contributed by atoms with Crippen molar-refractivity contribution in [1.29, 1.82) is 0 Å². The zero-order valence-electron chi connectivity index (χ0n) is 9.75. The van der Waals surface area contributed by atoms with E-state index in [-0.39, 0.29) is 5.56 Å². The van der Waals surface area contributed by atoms with Gasteiger partial charge in [0.05, 0.1) is 5.56 Å². The molecule has 0 atom stereocenters. The molecule has 1 aromatic heterocycles. The second-order valence-corrected chi connectivity index (χ2v) is 4.21. The second kappa shape index (κ2) is 4.16. The van der Waals surface area contributed by atoms with Crippen LogP contribution in [-0.2, 0) is 6.18 Å². The third kappa shape index (κ3) is 1.99. The average Bonchev–Trinajstić information content (AvgIpc) is 2.85. The van der Waals surface area contributed by atoms with Crippen molar-refractivity contribution in [3.63, 3.8) is 0 Å². The number of fused-ring (bicyclic) bond motifs is 1. The Morgan fingerprint density at radius 2 is 1.84 bits per heavy atom. The predicted molar refractivity (Wildman–Crippen MR) is 67.6 cm³/mol. The third-order valence-electron chi connectivity index (χ3n) is 3.05. The van der Waals surface area contributed by atoms with Crippen molar-refractivity contribution in [3.8, 4) is 11.1 Å². The molecule has 0 saturated carbocycles. The van der Waals surface area contributed by atoms with E-state index >= 15 is 0 Å². The molecule has 0 aliphatic rings. The van der Waals surface area contributed by atoms with Gasteiger partial charge in [-0.25, -0.2) is 0 Å². The van der Waals surface area contributed by atoms with Gasteiger partial charge in [0, 0.05) is 17.1 Å².